The molecule has 192 valence electrons. The highest BCUT2D eigenvalue weighted by Gasteiger charge is 2.17. The first-order chi connectivity index (χ1) is 18.2. The van der Waals surface area contributed by atoms with Gasteiger partial charge in [0, 0.05) is 10.9 Å². The predicted octanol–water partition coefficient (Wildman–Crippen LogP) is 8.36. The van der Waals surface area contributed by atoms with Crippen LogP contribution in [0.1, 0.15) is 64.1 Å². The van der Waals surface area contributed by atoms with Gasteiger partial charge in [0.2, 0.25) is 0 Å². The third-order valence-electron chi connectivity index (χ3n) is 6.92. The fraction of sp³-hybridized carbons (Fsp3) is 0.200. The number of benzene rings is 3. The number of nitrogens with one attached hydrogen (secondary N) is 1. The summed E-state index contributed by atoms with van der Waals surface area (Å²) in [6.45, 7) is 16.5. The van der Waals surface area contributed by atoms with Crippen molar-refractivity contribution in [2.45, 2.75) is 46.6 Å². The molecule has 0 spiro atoms. The molecule has 1 N–H and O–H groups in total. The van der Waals surface area contributed by atoms with Crippen molar-refractivity contribution in [2.24, 2.45) is 0 Å². The topological polar surface area (TPSA) is 42.0 Å². The summed E-state index contributed by atoms with van der Waals surface area (Å²) < 4.78 is 0. The SMILES string of the molecule is C=C(NC(Cc1ccc(C)cc1)C(=C)CC)c1cc(C(C)=O)c2cc(/C=C/c3ccc(C)cc3)ccc2n1. The van der Waals surface area contributed by atoms with Gasteiger partial charge in [-0.2, -0.15) is 0 Å². The molecule has 0 radical (unpaired) electrons. The average molecular weight is 501 g/mol. The van der Waals surface area contributed by atoms with Gasteiger partial charge in [0.1, 0.15) is 0 Å². The summed E-state index contributed by atoms with van der Waals surface area (Å²) in [5, 5.41) is 4.39. The number of aromatic nitrogens is 1. The normalized spacial score (nSPS) is 12.0. The molecule has 4 rings (SSSR count). The molecule has 0 aliphatic rings. The summed E-state index contributed by atoms with van der Waals surface area (Å²) in [4.78, 5) is 17.6. The summed E-state index contributed by atoms with van der Waals surface area (Å²) in [5.41, 5.74) is 9.72. The highest BCUT2D eigenvalue weighted by atomic mass is 16.1. The van der Waals surface area contributed by atoms with Gasteiger partial charge in [-0.25, -0.2) is 4.98 Å². The molecular formula is C35H36N2O. The Morgan fingerprint density at radius 1 is 0.895 bits per heavy atom. The summed E-state index contributed by atoms with van der Waals surface area (Å²) in [7, 11) is 0. The van der Waals surface area contributed by atoms with E-state index in [1.165, 1.54) is 16.7 Å². The standard InChI is InChI=1S/C35H36N2O/c1-7-25(4)34(21-30-14-10-24(3)11-15-30)36-26(5)35-22-31(27(6)38)32-20-29(18-19-33(32)37-35)17-16-28-12-8-23(2)9-13-28/h8-20,22,34,36H,4-5,7,21H2,1-3,6H3/b17-16+. The lowest BCUT2D eigenvalue weighted by atomic mass is 9.96. The van der Waals surface area contributed by atoms with E-state index in [0.29, 0.717) is 17.0 Å². The average Bonchev–Trinajstić information content (AvgIpc) is 2.92. The second-order valence-electron chi connectivity index (χ2n) is 10.0. The Labute approximate surface area is 226 Å². The van der Waals surface area contributed by atoms with Crippen LogP contribution < -0.4 is 5.32 Å². The Kier molecular flexibility index (Phi) is 8.38. The Morgan fingerprint density at radius 2 is 1.50 bits per heavy atom. The lowest BCUT2D eigenvalue weighted by molar-refractivity contribution is 0.101. The number of carbonyl (C=O) groups is 1. The Balaban J connectivity index is 1.62. The van der Waals surface area contributed by atoms with Crippen LogP contribution in [-0.4, -0.2) is 16.8 Å². The van der Waals surface area contributed by atoms with Crippen molar-refractivity contribution in [3.8, 4) is 0 Å². The molecule has 3 heteroatoms. The first-order valence-corrected chi connectivity index (χ1v) is 13.1. The van der Waals surface area contributed by atoms with Crippen molar-refractivity contribution >= 4 is 34.5 Å². The van der Waals surface area contributed by atoms with Crippen molar-refractivity contribution in [1.29, 1.82) is 0 Å². The van der Waals surface area contributed by atoms with E-state index in [0.717, 1.165) is 40.4 Å². The maximum Gasteiger partial charge on any atom is 0.160 e. The molecule has 0 saturated carbocycles. The van der Waals surface area contributed by atoms with Crippen LogP contribution >= 0.6 is 0 Å². The van der Waals surface area contributed by atoms with Crippen LogP contribution in [0.3, 0.4) is 0 Å². The van der Waals surface area contributed by atoms with Crippen LogP contribution in [0, 0.1) is 13.8 Å². The quantitative estimate of drug-likeness (QED) is 0.135. The minimum Gasteiger partial charge on any atom is -0.377 e. The van der Waals surface area contributed by atoms with Gasteiger partial charge in [-0.05, 0) is 68.5 Å². The van der Waals surface area contributed by atoms with E-state index in [-0.39, 0.29) is 11.8 Å². The summed E-state index contributed by atoms with van der Waals surface area (Å²) in [6, 6.07) is 24.9. The first-order valence-electron chi connectivity index (χ1n) is 13.1. The molecule has 0 bridgehead atoms. The van der Waals surface area contributed by atoms with Crippen molar-refractivity contribution < 1.29 is 4.79 Å². The smallest absolute Gasteiger partial charge is 0.160 e. The van der Waals surface area contributed by atoms with Crippen LogP contribution in [0.25, 0.3) is 28.8 Å². The number of fused-ring (bicyclic) bond motifs is 1. The molecule has 0 saturated heterocycles. The van der Waals surface area contributed by atoms with Gasteiger partial charge in [-0.15, -0.1) is 0 Å². The van der Waals surface area contributed by atoms with Gasteiger partial charge in [0.05, 0.1) is 22.9 Å². The third kappa shape index (κ3) is 6.54. The molecule has 3 nitrogen and oxygen atoms in total. The van der Waals surface area contributed by atoms with Crippen molar-refractivity contribution in [1.82, 2.24) is 10.3 Å². The molecule has 1 heterocycles. The monoisotopic (exact) mass is 500 g/mol. The van der Waals surface area contributed by atoms with E-state index in [2.05, 4.69) is 99.9 Å². The van der Waals surface area contributed by atoms with Crippen LogP contribution in [0.15, 0.2) is 91.5 Å². The fourth-order valence-corrected chi connectivity index (χ4v) is 4.45. The maximum atomic E-state index is 12.7. The molecule has 1 aromatic heterocycles. The van der Waals surface area contributed by atoms with E-state index in [1.807, 2.05) is 24.3 Å². The van der Waals surface area contributed by atoms with Gasteiger partial charge in [0.25, 0.3) is 0 Å². The number of carbonyl (C=O) groups excluding carboxylic acids is 1. The minimum atomic E-state index is 0.000266. The van der Waals surface area contributed by atoms with E-state index < -0.39 is 0 Å². The predicted molar refractivity (Wildman–Crippen MR) is 162 cm³/mol. The Bertz CT molecular complexity index is 1510. The van der Waals surface area contributed by atoms with Gasteiger partial charge < -0.3 is 5.32 Å². The maximum absolute atomic E-state index is 12.7. The van der Waals surface area contributed by atoms with Gasteiger partial charge in [-0.3, -0.25) is 4.79 Å². The van der Waals surface area contributed by atoms with Gasteiger partial charge in [0.15, 0.2) is 5.78 Å². The summed E-state index contributed by atoms with van der Waals surface area (Å²) in [6.07, 6.45) is 5.81. The number of aryl methyl sites for hydroxylation is 2. The number of hydrogen-bond acceptors (Lipinski definition) is 3. The zero-order valence-corrected chi connectivity index (χ0v) is 22.8. The molecule has 3 aromatic carbocycles. The zero-order valence-electron chi connectivity index (χ0n) is 22.8. The molecule has 0 aliphatic heterocycles. The molecule has 38 heavy (non-hydrogen) atoms. The number of ketones is 1. The fourth-order valence-electron chi connectivity index (χ4n) is 4.45. The van der Waals surface area contributed by atoms with Crippen LogP contribution in [0.2, 0.25) is 0 Å². The molecule has 0 fully saturated rings. The van der Waals surface area contributed by atoms with Crippen molar-refractivity contribution in [3.63, 3.8) is 0 Å². The Hall–Kier alpha value is -4.24. The molecule has 0 aliphatic carbocycles. The van der Waals surface area contributed by atoms with Crippen molar-refractivity contribution in [3.05, 3.63) is 131 Å². The third-order valence-corrected chi connectivity index (χ3v) is 6.92. The highest BCUT2D eigenvalue weighted by molar-refractivity contribution is 6.07. The highest BCUT2D eigenvalue weighted by Crippen LogP contribution is 2.25. The number of hydrogen-bond donors (Lipinski definition) is 1. The molecule has 1 unspecified atom stereocenters. The lowest BCUT2D eigenvalue weighted by Gasteiger charge is -2.23. The number of rotatable bonds is 10. The number of nitrogens with zero attached hydrogens (tertiary/aromatic N) is 1. The van der Waals surface area contributed by atoms with E-state index in [1.54, 1.807) is 6.92 Å². The van der Waals surface area contributed by atoms with Crippen LogP contribution in [0.4, 0.5) is 0 Å². The molecular weight excluding hydrogens is 464 g/mol. The largest absolute Gasteiger partial charge is 0.377 e. The van der Waals surface area contributed by atoms with Crippen molar-refractivity contribution in [2.75, 3.05) is 0 Å². The van der Waals surface area contributed by atoms with E-state index in [9.17, 15) is 4.79 Å². The zero-order chi connectivity index (χ0) is 27.2. The van der Waals surface area contributed by atoms with E-state index >= 15 is 0 Å². The summed E-state index contributed by atoms with van der Waals surface area (Å²) in [5.74, 6) is 0.000266. The number of Topliss-reactive ketones (excluding diaryl/α,β-unsaturated/α-hetero) is 1. The van der Waals surface area contributed by atoms with Crippen LogP contribution in [0.5, 0.6) is 0 Å². The van der Waals surface area contributed by atoms with Gasteiger partial charge in [-0.1, -0.05) is 104 Å². The molecule has 1 atom stereocenters. The molecule has 4 aromatic rings. The minimum absolute atomic E-state index is 0.000266. The Morgan fingerprint density at radius 3 is 2.13 bits per heavy atom. The van der Waals surface area contributed by atoms with E-state index in [4.69, 9.17) is 4.98 Å². The number of pyridine rings is 1. The van der Waals surface area contributed by atoms with Gasteiger partial charge >= 0.3 is 0 Å². The second kappa shape index (κ2) is 11.9. The second-order valence-corrected chi connectivity index (χ2v) is 10.0. The first kappa shape index (κ1) is 26.8. The lowest BCUT2D eigenvalue weighted by Crippen LogP contribution is -2.31. The summed E-state index contributed by atoms with van der Waals surface area (Å²) >= 11 is 0. The molecule has 0 amide bonds. The van der Waals surface area contributed by atoms with Crippen LogP contribution in [-0.2, 0) is 6.42 Å².